The summed E-state index contributed by atoms with van der Waals surface area (Å²) in [7, 11) is -4.43. The van der Waals surface area contributed by atoms with Crippen molar-refractivity contribution in [1.29, 1.82) is 0 Å². The Morgan fingerprint density at radius 2 is 1.75 bits per heavy atom. The van der Waals surface area contributed by atoms with Gasteiger partial charge in [-0.15, -0.1) is 0 Å². The van der Waals surface area contributed by atoms with E-state index in [4.69, 9.17) is 4.74 Å². The number of nitrogens with zero attached hydrogens (tertiary/aromatic N) is 1. The van der Waals surface area contributed by atoms with Crippen LogP contribution < -0.4 is 14.8 Å². The summed E-state index contributed by atoms with van der Waals surface area (Å²) in [6, 6.07) is 14.4. The molecule has 0 aliphatic heterocycles. The van der Waals surface area contributed by atoms with Gasteiger partial charge in [-0.25, -0.2) is 22.4 Å². The van der Waals surface area contributed by atoms with Crippen molar-refractivity contribution >= 4 is 33.3 Å². The molecule has 44 heavy (non-hydrogen) atoms. The minimum Gasteiger partial charge on any atom is -0.507 e. The van der Waals surface area contributed by atoms with Gasteiger partial charge in [0.25, 0.3) is 10.0 Å². The first-order chi connectivity index (χ1) is 20.8. The van der Waals surface area contributed by atoms with Crippen LogP contribution in [-0.2, 0) is 19.6 Å². The second-order valence-corrected chi connectivity index (χ2v) is 10.7. The first-order valence-electron chi connectivity index (χ1n) is 12.7. The van der Waals surface area contributed by atoms with Crippen LogP contribution in [0.2, 0.25) is 0 Å². The maximum absolute atomic E-state index is 13.7. The number of phenolic OH excluding ortho intramolecular Hbond substituents is 1. The van der Waals surface area contributed by atoms with Crippen LogP contribution in [0.4, 0.5) is 28.9 Å². The minimum absolute atomic E-state index is 0.0131. The van der Waals surface area contributed by atoms with Crippen LogP contribution >= 0.6 is 0 Å². The number of esters is 2. The van der Waals surface area contributed by atoms with Crippen LogP contribution in [0.15, 0.2) is 90.1 Å². The van der Waals surface area contributed by atoms with Gasteiger partial charge in [0.15, 0.2) is 0 Å². The number of aromatic nitrogens is 1. The third-order valence-corrected chi connectivity index (χ3v) is 7.23. The van der Waals surface area contributed by atoms with Gasteiger partial charge in [-0.1, -0.05) is 12.1 Å². The number of carbonyl (C=O) groups excluding carboxylic acids is 2. The van der Waals surface area contributed by atoms with Gasteiger partial charge in [-0.3, -0.25) is 9.71 Å². The van der Waals surface area contributed by atoms with Crippen LogP contribution in [0.3, 0.4) is 0 Å². The Morgan fingerprint density at radius 1 is 0.955 bits per heavy atom. The number of anilines is 2. The molecule has 0 atom stereocenters. The zero-order chi connectivity index (χ0) is 31.9. The van der Waals surface area contributed by atoms with Crippen LogP contribution in [0, 0.1) is 5.82 Å². The summed E-state index contributed by atoms with van der Waals surface area (Å²) in [4.78, 5) is 27.8. The fourth-order valence-corrected chi connectivity index (χ4v) is 4.89. The Morgan fingerprint density at radius 3 is 2.48 bits per heavy atom. The SMILES string of the molecule is O=C(OCCCNc1cccnc1)c1ccc(NS(=O)(=O)c2cccc(-c3cc(F)ccc3O)c2)cc1OC(=O)C(F)(F)F. The number of benzene rings is 3. The number of alkyl halides is 3. The summed E-state index contributed by atoms with van der Waals surface area (Å²) in [5.41, 5.74) is -0.0323. The van der Waals surface area contributed by atoms with E-state index in [1.54, 1.807) is 24.5 Å². The Balaban J connectivity index is 1.52. The highest BCUT2D eigenvalue weighted by Gasteiger charge is 2.42. The zero-order valence-electron chi connectivity index (χ0n) is 22.5. The van der Waals surface area contributed by atoms with Gasteiger partial charge < -0.3 is 19.9 Å². The molecule has 0 saturated carbocycles. The summed E-state index contributed by atoms with van der Waals surface area (Å²) < 4.78 is 90.5. The van der Waals surface area contributed by atoms with Crippen molar-refractivity contribution in [3.8, 4) is 22.6 Å². The van der Waals surface area contributed by atoms with Crippen molar-refractivity contribution in [2.45, 2.75) is 17.5 Å². The number of ether oxygens (including phenoxy) is 2. The summed E-state index contributed by atoms with van der Waals surface area (Å²) in [6.07, 6.45) is -1.94. The molecule has 1 aromatic heterocycles. The quantitative estimate of drug-likeness (QED) is 0.0842. The maximum Gasteiger partial charge on any atom is 0.491 e. The van der Waals surface area contributed by atoms with Crippen molar-refractivity contribution in [1.82, 2.24) is 4.98 Å². The molecule has 0 unspecified atom stereocenters. The Bertz CT molecular complexity index is 1770. The standard InChI is InChI=1S/C29H23F4N3O7S/c30-19-7-10-25(37)24(15-19)18-4-1-6-22(14-18)44(40,41)36-20-8-9-23(26(16-20)43-28(39)29(31,32)33)27(38)42-13-3-12-35-21-5-2-11-34-17-21/h1-2,4-11,14-17,35-37H,3,12-13H2. The normalized spacial score (nSPS) is 11.5. The molecule has 15 heteroatoms. The topological polar surface area (TPSA) is 144 Å². The number of sulfonamides is 1. The lowest BCUT2D eigenvalue weighted by Gasteiger charge is -2.15. The Labute approximate surface area is 248 Å². The van der Waals surface area contributed by atoms with Crippen LogP contribution in [0.25, 0.3) is 11.1 Å². The van der Waals surface area contributed by atoms with Gasteiger partial charge in [0.05, 0.1) is 22.9 Å². The largest absolute Gasteiger partial charge is 0.507 e. The number of carbonyl (C=O) groups is 2. The molecule has 0 aliphatic carbocycles. The van der Waals surface area contributed by atoms with Gasteiger partial charge in [0, 0.05) is 30.6 Å². The number of rotatable bonds is 11. The number of halogens is 4. The van der Waals surface area contributed by atoms with Crippen molar-refractivity contribution in [3.05, 3.63) is 96.6 Å². The molecule has 0 spiro atoms. The summed E-state index contributed by atoms with van der Waals surface area (Å²) in [6.45, 7) is 0.222. The van der Waals surface area contributed by atoms with Gasteiger partial charge in [0.1, 0.15) is 22.9 Å². The number of hydrogen-bond acceptors (Lipinski definition) is 9. The van der Waals surface area contributed by atoms with Crippen molar-refractivity contribution in [2.24, 2.45) is 0 Å². The summed E-state index contributed by atoms with van der Waals surface area (Å²) >= 11 is 0. The maximum atomic E-state index is 13.7. The fourth-order valence-electron chi connectivity index (χ4n) is 3.80. The number of pyridine rings is 1. The molecule has 4 aromatic rings. The molecule has 0 fully saturated rings. The van der Waals surface area contributed by atoms with E-state index < -0.39 is 45.3 Å². The molecule has 0 saturated heterocycles. The molecule has 3 aromatic carbocycles. The zero-order valence-corrected chi connectivity index (χ0v) is 23.3. The van der Waals surface area contributed by atoms with E-state index in [0.29, 0.717) is 13.0 Å². The van der Waals surface area contributed by atoms with Crippen molar-refractivity contribution in [2.75, 3.05) is 23.2 Å². The van der Waals surface area contributed by atoms with E-state index in [1.165, 1.54) is 18.2 Å². The van der Waals surface area contributed by atoms with Crippen molar-refractivity contribution in [3.63, 3.8) is 0 Å². The molecule has 0 bridgehead atoms. The lowest BCUT2D eigenvalue weighted by molar-refractivity contribution is -0.189. The number of aromatic hydroxyl groups is 1. The average molecular weight is 634 g/mol. The van der Waals surface area contributed by atoms with Crippen LogP contribution in [-0.4, -0.2) is 49.8 Å². The van der Waals surface area contributed by atoms with E-state index in [0.717, 1.165) is 48.2 Å². The van der Waals surface area contributed by atoms with Gasteiger partial charge in [0.2, 0.25) is 0 Å². The van der Waals surface area contributed by atoms with Crippen LogP contribution in [0.5, 0.6) is 11.5 Å². The molecule has 0 aliphatic rings. The third-order valence-electron chi connectivity index (χ3n) is 5.85. The molecule has 230 valence electrons. The average Bonchev–Trinajstić information content (AvgIpc) is 2.98. The lowest BCUT2D eigenvalue weighted by Crippen LogP contribution is -2.28. The molecular weight excluding hydrogens is 610 g/mol. The fraction of sp³-hybridized carbons (Fsp3) is 0.138. The minimum atomic E-state index is -5.42. The molecule has 0 amide bonds. The lowest BCUT2D eigenvalue weighted by atomic mass is 10.0. The molecule has 3 N–H and O–H groups in total. The molecule has 0 radical (unpaired) electrons. The summed E-state index contributed by atoms with van der Waals surface area (Å²) in [5.74, 6) is -5.64. The van der Waals surface area contributed by atoms with Crippen LogP contribution in [0.1, 0.15) is 16.8 Å². The molecule has 10 nitrogen and oxygen atoms in total. The van der Waals surface area contributed by atoms with Gasteiger partial charge >= 0.3 is 18.1 Å². The smallest absolute Gasteiger partial charge is 0.491 e. The Kier molecular flexibility index (Phi) is 9.68. The number of nitrogens with one attached hydrogen (secondary N) is 2. The van der Waals surface area contributed by atoms with Gasteiger partial charge in [-0.05, 0) is 66.6 Å². The van der Waals surface area contributed by atoms with E-state index >= 15 is 0 Å². The second-order valence-electron chi connectivity index (χ2n) is 9.05. The van der Waals surface area contributed by atoms with E-state index in [9.17, 15) is 40.7 Å². The monoisotopic (exact) mass is 633 g/mol. The number of hydrogen-bond donors (Lipinski definition) is 3. The molecular formula is C29H23F4N3O7S. The first-order valence-corrected chi connectivity index (χ1v) is 14.2. The highest BCUT2D eigenvalue weighted by atomic mass is 32.2. The van der Waals surface area contributed by atoms with Crippen molar-refractivity contribution < 1.29 is 50.1 Å². The highest BCUT2D eigenvalue weighted by Crippen LogP contribution is 2.32. The molecule has 4 rings (SSSR count). The van der Waals surface area contributed by atoms with Gasteiger partial charge in [-0.2, -0.15) is 13.2 Å². The molecule has 1 heterocycles. The highest BCUT2D eigenvalue weighted by molar-refractivity contribution is 7.92. The number of phenols is 1. The first kappa shape index (κ1) is 31.7. The predicted octanol–water partition coefficient (Wildman–Crippen LogP) is 5.52. The van der Waals surface area contributed by atoms with E-state index in [1.807, 2.05) is 0 Å². The summed E-state index contributed by atoms with van der Waals surface area (Å²) in [5, 5.41) is 13.1. The van der Waals surface area contributed by atoms with E-state index in [2.05, 4.69) is 19.8 Å². The Hall–Kier alpha value is -5.18. The predicted molar refractivity (Wildman–Crippen MR) is 150 cm³/mol. The second kappa shape index (κ2) is 13.4. The third kappa shape index (κ3) is 8.22. The van der Waals surface area contributed by atoms with E-state index in [-0.39, 0.29) is 34.1 Å².